The van der Waals surface area contributed by atoms with Gasteiger partial charge in [0.05, 0.1) is 17.4 Å². The Hall–Kier alpha value is -1.98. The molecule has 3 rings (SSSR count). The summed E-state index contributed by atoms with van der Waals surface area (Å²) in [6, 6.07) is 8.68. The van der Waals surface area contributed by atoms with E-state index in [1.54, 1.807) is 11.3 Å². The van der Waals surface area contributed by atoms with Crippen molar-refractivity contribution < 1.29 is 0 Å². The van der Waals surface area contributed by atoms with Crippen molar-refractivity contribution in [2.75, 3.05) is 13.6 Å². The fourth-order valence-electron chi connectivity index (χ4n) is 2.52. The van der Waals surface area contributed by atoms with E-state index in [0.29, 0.717) is 0 Å². The topological polar surface area (TPSA) is 44.8 Å². The lowest BCUT2D eigenvalue weighted by atomic mass is 10.1. The average Bonchev–Trinajstić information content (AvgIpc) is 3.16. The van der Waals surface area contributed by atoms with Crippen LogP contribution in [0.15, 0.2) is 42.2 Å². The summed E-state index contributed by atoms with van der Waals surface area (Å²) in [5, 5.41) is 6.84. The monoisotopic (exact) mass is 312 g/mol. The van der Waals surface area contributed by atoms with Crippen LogP contribution in [-0.4, -0.2) is 33.7 Å². The fraction of sp³-hybridized carbons (Fsp3) is 0.294. The Morgan fingerprint density at radius 2 is 2.18 bits per heavy atom. The highest BCUT2D eigenvalue weighted by atomic mass is 32.1. The second kappa shape index (κ2) is 6.85. The van der Waals surface area contributed by atoms with E-state index in [2.05, 4.69) is 58.3 Å². The van der Waals surface area contributed by atoms with Crippen molar-refractivity contribution in [1.29, 1.82) is 0 Å². The number of H-pyrrole nitrogens is 1. The van der Waals surface area contributed by atoms with Crippen molar-refractivity contribution in [2.24, 2.45) is 0 Å². The zero-order valence-electron chi connectivity index (χ0n) is 12.9. The quantitative estimate of drug-likeness (QED) is 0.757. The van der Waals surface area contributed by atoms with Gasteiger partial charge in [-0.2, -0.15) is 5.10 Å². The molecule has 0 spiro atoms. The van der Waals surface area contributed by atoms with E-state index in [-0.39, 0.29) is 0 Å². The second-order valence-electron chi connectivity index (χ2n) is 5.55. The van der Waals surface area contributed by atoms with Crippen LogP contribution in [0.25, 0.3) is 11.3 Å². The summed E-state index contributed by atoms with van der Waals surface area (Å²) in [6.45, 7) is 4.07. The maximum Gasteiger partial charge on any atom is 0.0840 e. The van der Waals surface area contributed by atoms with Gasteiger partial charge in [0.2, 0.25) is 0 Å². The highest BCUT2D eigenvalue weighted by molar-refractivity contribution is 7.10. The van der Waals surface area contributed by atoms with Crippen LogP contribution in [0.3, 0.4) is 0 Å². The summed E-state index contributed by atoms with van der Waals surface area (Å²) in [6.07, 6.45) is 4.86. The van der Waals surface area contributed by atoms with Gasteiger partial charge >= 0.3 is 0 Å². The molecule has 3 aromatic rings. The van der Waals surface area contributed by atoms with Gasteiger partial charge in [-0.05, 0) is 37.6 Å². The number of aromatic nitrogens is 3. The lowest BCUT2D eigenvalue weighted by Crippen LogP contribution is -2.20. The standard InChI is InChI=1S/C17H20N4S/c1-13-17(18-12-22-13)16-5-3-4-14(8-16)11-21(2)7-6-15-9-19-20-10-15/h3-5,8-10,12H,6-7,11H2,1-2H3,(H,19,20). The minimum Gasteiger partial charge on any atom is -0.302 e. The fourth-order valence-corrected chi connectivity index (χ4v) is 3.12. The van der Waals surface area contributed by atoms with Crippen LogP contribution in [0.5, 0.6) is 0 Å². The zero-order valence-corrected chi connectivity index (χ0v) is 13.7. The Morgan fingerprint density at radius 1 is 1.27 bits per heavy atom. The van der Waals surface area contributed by atoms with Gasteiger partial charge in [-0.3, -0.25) is 5.10 Å². The molecule has 2 aromatic heterocycles. The minimum absolute atomic E-state index is 0.939. The van der Waals surface area contributed by atoms with Crippen LogP contribution < -0.4 is 0 Å². The third-order valence-corrected chi connectivity index (χ3v) is 4.49. The van der Waals surface area contributed by atoms with Crippen molar-refractivity contribution in [3.63, 3.8) is 0 Å². The minimum atomic E-state index is 0.939. The molecule has 0 atom stereocenters. The molecule has 0 radical (unpaired) electrons. The number of rotatable bonds is 6. The first-order chi connectivity index (χ1) is 10.7. The van der Waals surface area contributed by atoms with Gasteiger partial charge in [0.25, 0.3) is 0 Å². The highest BCUT2D eigenvalue weighted by Crippen LogP contribution is 2.25. The molecule has 1 N–H and O–H groups in total. The lowest BCUT2D eigenvalue weighted by Gasteiger charge is -2.16. The smallest absolute Gasteiger partial charge is 0.0840 e. The first kappa shape index (κ1) is 14.9. The Balaban J connectivity index is 1.64. The molecule has 0 aliphatic heterocycles. The maximum absolute atomic E-state index is 4.47. The number of aryl methyl sites for hydroxylation is 1. The van der Waals surface area contributed by atoms with Crippen LogP contribution in [0, 0.1) is 6.92 Å². The normalized spacial score (nSPS) is 11.2. The van der Waals surface area contributed by atoms with Crippen LogP contribution in [0.4, 0.5) is 0 Å². The number of nitrogens with zero attached hydrogens (tertiary/aromatic N) is 3. The molecule has 1 aromatic carbocycles. The predicted molar refractivity (Wildman–Crippen MR) is 90.9 cm³/mol. The molecular weight excluding hydrogens is 292 g/mol. The van der Waals surface area contributed by atoms with Crippen molar-refractivity contribution >= 4 is 11.3 Å². The van der Waals surface area contributed by atoms with Crippen LogP contribution in [-0.2, 0) is 13.0 Å². The summed E-state index contributed by atoms with van der Waals surface area (Å²) >= 11 is 1.70. The van der Waals surface area contributed by atoms with E-state index in [1.165, 1.54) is 21.6 Å². The Morgan fingerprint density at radius 3 is 2.91 bits per heavy atom. The van der Waals surface area contributed by atoms with E-state index >= 15 is 0 Å². The number of likely N-dealkylation sites (N-methyl/N-ethyl adjacent to an activating group) is 1. The van der Waals surface area contributed by atoms with Gasteiger partial charge in [0, 0.05) is 29.7 Å². The summed E-state index contributed by atoms with van der Waals surface area (Å²) < 4.78 is 0. The Labute approximate surface area is 134 Å². The molecule has 0 aliphatic rings. The SMILES string of the molecule is Cc1scnc1-c1cccc(CN(C)CCc2cn[nH]c2)c1. The molecule has 0 fully saturated rings. The van der Waals surface area contributed by atoms with Gasteiger partial charge < -0.3 is 4.90 Å². The predicted octanol–water partition coefficient (Wildman–Crippen LogP) is 3.52. The molecule has 114 valence electrons. The summed E-state index contributed by atoms with van der Waals surface area (Å²) in [7, 11) is 2.15. The van der Waals surface area contributed by atoms with E-state index in [4.69, 9.17) is 0 Å². The third kappa shape index (κ3) is 3.61. The molecule has 0 saturated heterocycles. The number of hydrogen-bond donors (Lipinski definition) is 1. The van der Waals surface area contributed by atoms with Gasteiger partial charge in [-0.15, -0.1) is 11.3 Å². The molecule has 4 nitrogen and oxygen atoms in total. The molecule has 0 bridgehead atoms. The van der Waals surface area contributed by atoms with E-state index in [9.17, 15) is 0 Å². The van der Waals surface area contributed by atoms with Gasteiger partial charge in [0.1, 0.15) is 0 Å². The molecule has 0 saturated carbocycles. The van der Waals surface area contributed by atoms with Crippen molar-refractivity contribution in [1.82, 2.24) is 20.1 Å². The molecule has 0 aliphatic carbocycles. The maximum atomic E-state index is 4.47. The summed E-state index contributed by atoms with van der Waals surface area (Å²) in [4.78, 5) is 8.07. The third-order valence-electron chi connectivity index (χ3n) is 3.73. The van der Waals surface area contributed by atoms with Crippen molar-refractivity contribution in [2.45, 2.75) is 19.9 Å². The summed E-state index contributed by atoms with van der Waals surface area (Å²) in [5.74, 6) is 0. The number of nitrogens with one attached hydrogen (secondary N) is 1. The van der Waals surface area contributed by atoms with Crippen LogP contribution in [0.1, 0.15) is 16.0 Å². The lowest BCUT2D eigenvalue weighted by molar-refractivity contribution is 0.331. The summed E-state index contributed by atoms with van der Waals surface area (Å²) in [5.41, 5.74) is 6.79. The molecule has 22 heavy (non-hydrogen) atoms. The van der Waals surface area contributed by atoms with Gasteiger partial charge in [0.15, 0.2) is 0 Å². The van der Waals surface area contributed by atoms with Crippen molar-refractivity contribution in [3.8, 4) is 11.3 Å². The van der Waals surface area contributed by atoms with E-state index < -0.39 is 0 Å². The Bertz CT molecular complexity index is 718. The molecule has 0 unspecified atom stereocenters. The Kier molecular flexibility index (Phi) is 4.65. The number of thiazole rings is 1. The van der Waals surface area contributed by atoms with Crippen LogP contribution in [0.2, 0.25) is 0 Å². The molecule has 2 heterocycles. The first-order valence-electron chi connectivity index (χ1n) is 7.38. The zero-order chi connectivity index (χ0) is 15.4. The first-order valence-corrected chi connectivity index (χ1v) is 8.26. The molecule has 5 heteroatoms. The molecule has 0 amide bonds. The number of benzene rings is 1. The average molecular weight is 312 g/mol. The van der Waals surface area contributed by atoms with Gasteiger partial charge in [-0.1, -0.05) is 18.2 Å². The second-order valence-corrected chi connectivity index (χ2v) is 6.61. The van der Waals surface area contributed by atoms with Crippen molar-refractivity contribution in [3.05, 3.63) is 58.2 Å². The molecular formula is C17H20N4S. The number of hydrogen-bond acceptors (Lipinski definition) is 4. The highest BCUT2D eigenvalue weighted by Gasteiger charge is 2.07. The van der Waals surface area contributed by atoms with Gasteiger partial charge in [-0.25, -0.2) is 4.98 Å². The number of aromatic amines is 1. The van der Waals surface area contributed by atoms with E-state index in [0.717, 1.165) is 25.2 Å². The van der Waals surface area contributed by atoms with E-state index in [1.807, 2.05) is 17.9 Å². The largest absolute Gasteiger partial charge is 0.302 e. The van der Waals surface area contributed by atoms with Crippen LogP contribution >= 0.6 is 11.3 Å².